The van der Waals surface area contributed by atoms with E-state index < -0.39 is 6.23 Å². The van der Waals surface area contributed by atoms with Crippen molar-refractivity contribution in [3.05, 3.63) is 0 Å². The van der Waals surface area contributed by atoms with Crippen molar-refractivity contribution in [2.24, 2.45) is 0 Å². The fraction of sp³-hybridized carbons (Fsp3) is 0.600. The second-order valence-corrected chi connectivity index (χ2v) is 1.71. The number of rotatable bonds is 2. The predicted octanol–water partition coefficient (Wildman–Crippen LogP) is -1.04. The molecule has 0 aliphatic carbocycles. The Morgan fingerprint density at radius 2 is 2.56 bits per heavy atom. The lowest BCUT2D eigenvalue weighted by Crippen LogP contribution is -2.32. The summed E-state index contributed by atoms with van der Waals surface area (Å²) in [6.07, 6.45) is 1.05. The third-order valence-electron chi connectivity index (χ3n) is 1.12. The molecule has 1 fully saturated rings. The predicted molar refractivity (Wildman–Crippen MR) is 28.2 cm³/mol. The summed E-state index contributed by atoms with van der Waals surface area (Å²) in [7, 11) is 0. The van der Waals surface area contributed by atoms with Crippen molar-refractivity contribution in [2.45, 2.75) is 12.6 Å². The maximum atomic E-state index is 10.6. The molecule has 1 atom stereocenters. The summed E-state index contributed by atoms with van der Waals surface area (Å²) in [5, 5.41) is 2.12. The van der Waals surface area contributed by atoms with Gasteiger partial charge in [0.05, 0.1) is 6.61 Å². The van der Waals surface area contributed by atoms with Crippen LogP contribution in [0.5, 0.6) is 0 Å². The normalized spacial score (nSPS) is 26.2. The van der Waals surface area contributed by atoms with Crippen LogP contribution in [0.2, 0.25) is 0 Å². The Hall–Kier alpha value is -0.900. The summed E-state index contributed by atoms with van der Waals surface area (Å²) < 4.78 is 4.78. The quantitative estimate of drug-likeness (QED) is 0.483. The van der Waals surface area contributed by atoms with E-state index in [0.29, 0.717) is 13.0 Å². The Morgan fingerprint density at radius 1 is 1.78 bits per heavy atom. The minimum absolute atomic E-state index is 0.0849. The maximum absolute atomic E-state index is 10.6. The van der Waals surface area contributed by atoms with Crippen LogP contribution in [0.15, 0.2) is 0 Å². The van der Waals surface area contributed by atoms with Gasteiger partial charge in [0.15, 0.2) is 12.0 Å². The van der Waals surface area contributed by atoms with E-state index in [9.17, 15) is 9.59 Å². The minimum atomic E-state index is -0.734. The van der Waals surface area contributed by atoms with Crippen LogP contribution in [0, 0.1) is 0 Å². The molecule has 49 valence electrons. The van der Waals surface area contributed by atoms with Gasteiger partial charge in [0, 0.05) is 6.42 Å². The minimum Gasteiger partial charge on any atom is -0.351 e. The summed E-state index contributed by atoms with van der Waals surface area (Å²) in [5.74, 6) is -0.0849. The Morgan fingerprint density at radius 3 is 3.00 bits per heavy atom. The molecule has 1 amide bonds. The van der Waals surface area contributed by atoms with E-state index in [1.54, 1.807) is 0 Å². The lowest BCUT2D eigenvalue weighted by atomic mass is 10.3. The molecule has 1 heterocycles. The van der Waals surface area contributed by atoms with Gasteiger partial charge in [0.25, 0.3) is 0 Å². The molecule has 0 aromatic heterocycles. The molecule has 1 N–H and O–H groups in total. The fourth-order valence-electron chi connectivity index (χ4n) is 0.677. The summed E-state index contributed by atoms with van der Waals surface area (Å²) >= 11 is 0. The first-order valence-corrected chi connectivity index (χ1v) is 2.61. The van der Waals surface area contributed by atoms with Crippen molar-refractivity contribution >= 4 is 12.2 Å². The van der Waals surface area contributed by atoms with Gasteiger partial charge in [0.2, 0.25) is 0 Å². The molecule has 0 spiro atoms. The SMILES string of the molecule is O=[C]NC1OCCC1=O. The summed E-state index contributed by atoms with van der Waals surface area (Å²) in [6.45, 7) is 0.401. The van der Waals surface area contributed by atoms with E-state index in [4.69, 9.17) is 4.74 Å². The molecule has 0 bridgehead atoms. The first-order valence-electron chi connectivity index (χ1n) is 2.61. The molecular formula is C5H6NO3. The van der Waals surface area contributed by atoms with Gasteiger partial charge >= 0.3 is 6.41 Å². The number of ether oxygens (including phenoxy) is 1. The molecule has 4 nitrogen and oxygen atoms in total. The lowest BCUT2D eigenvalue weighted by molar-refractivity contribution is -0.122. The van der Waals surface area contributed by atoms with Gasteiger partial charge in [0.1, 0.15) is 0 Å². The summed E-state index contributed by atoms with van der Waals surface area (Å²) in [4.78, 5) is 20.2. The lowest BCUT2D eigenvalue weighted by Gasteiger charge is -2.02. The Bertz CT molecular complexity index is 134. The van der Waals surface area contributed by atoms with Crippen molar-refractivity contribution in [3.63, 3.8) is 0 Å². The van der Waals surface area contributed by atoms with E-state index in [1.165, 1.54) is 6.41 Å². The van der Waals surface area contributed by atoms with Crippen LogP contribution in [-0.2, 0) is 14.3 Å². The van der Waals surface area contributed by atoms with Crippen LogP contribution in [0.1, 0.15) is 6.42 Å². The average Bonchev–Trinajstić information content (AvgIpc) is 2.18. The highest BCUT2D eigenvalue weighted by molar-refractivity contribution is 5.85. The second-order valence-electron chi connectivity index (χ2n) is 1.71. The highest BCUT2D eigenvalue weighted by Gasteiger charge is 2.24. The van der Waals surface area contributed by atoms with Crippen molar-refractivity contribution in [1.82, 2.24) is 5.32 Å². The van der Waals surface area contributed by atoms with Crippen LogP contribution >= 0.6 is 0 Å². The number of hydrogen-bond acceptors (Lipinski definition) is 3. The van der Waals surface area contributed by atoms with Gasteiger partial charge in [-0.1, -0.05) is 0 Å². The standard InChI is InChI=1S/C5H6NO3/c7-3-6-5-4(8)1-2-9-5/h5H,1-2H2,(H,6,7). The number of nitrogens with one attached hydrogen (secondary N) is 1. The molecule has 1 radical (unpaired) electrons. The number of ketones is 1. The maximum Gasteiger partial charge on any atom is 0.311 e. The number of carbonyl (C=O) groups is 1. The number of Topliss-reactive ketones (excluding diaryl/α,β-unsaturated/α-hetero) is 1. The van der Waals surface area contributed by atoms with E-state index in [0.717, 1.165) is 0 Å². The summed E-state index contributed by atoms with van der Waals surface area (Å²) in [5.41, 5.74) is 0. The molecule has 0 saturated carbocycles. The molecule has 1 aliphatic rings. The van der Waals surface area contributed by atoms with Crippen molar-refractivity contribution in [1.29, 1.82) is 0 Å². The molecule has 0 aromatic rings. The fourth-order valence-corrected chi connectivity index (χ4v) is 0.677. The zero-order valence-electron chi connectivity index (χ0n) is 4.72. The van der Waals surface area contributed by atoms with Gasteiger partial charge in [-0.3, -0.25) is 9.59 Å². The molecule has 9 heavy (non-hydrogen) atoms. The van der Waals surface area contributed by atoms with E-state index in [-0.39, 0.29) is 5.78 Å². The molecule has 1 aliphatic heterocycles. The first kappa shape index (κ1) is 6.22. The van der Waals surface area contributed by atoms with Crippen molar-refractivity contribution in [3.8, 4) is 0 Å². The molecular weight excluding hydrogens is 122 g/mol. The third kappa shape index (κ3) is 1.26. The van der Waals surface area contributed by atoms with Gasteiger partial charge in [-0.25, -0.2) is 0 Å². The third-order valence-corrected chi connectivity index (χ3v) is 1.12. The molecule has 1 saturated heterocycles. The van der Waals surface area contributed by atoms with Crippen molar-refractivity contribution < 1.29 is 14.3 Å². The Kier molecular flexibility index (Phi) is 1.79. The molecule has 1 unspecified atom stereocenters. The number of hydrogen-bond donors (Lipinski definition) is 1. The summed E-state index contributed by atoms with van der Waals surface area (Å²) in [6, 6.07) is 0. The smallest absolute Gasteiger partial charge is 0.311 e. The average molecular weight is 128 g/mol. The van der Waals surface area contributed by atoms with Crippen LogP contribution in [0.25, 0.3) is 0 Å². The molecule has 4 heteroatoms. The largest absolute Gasteiger partial charge is 0.351 e. The monoisotopic (exact) mass is 128 g/mol. The Labute approximate surface area is 52.2 Å². The zero-order valence-corrected chi connectivity index (χ0v) is 4.72. The van der Waals surface area contributed by atoms with Crippen LogP contribution in [0.4, 0.5) is 0 Å². The van der Waals surface area contributed by atoms with Gasteiger partial charge in [-0.2, -0.15) is 0 Å². The zero-order chi connectivity index (χ0) is 6.69. The number of amides is 1. The van der Waals surface area contributed by atoms with Crippen LogP contribution in [0.3, 0.4) is 0 Å². The van der Waals surface area contributed by atoms with E-state index in [1.807, 2.05) is 0 Å². The number of carbonyl (C=O) groups excluding carboxylic acids is 2. The van der Waals surface area contributed by atoms with Crippen LogP contribution in [-0.4, -0.2) is 25.0 Å². The van der Waals surface area contributed by atoms with Crippen molar-refractivity contribution in [2.75, 3.05) is 6.61 Å². The highest BCUT2D eigenvalue weighted by atomic mass is 16.5. The molecule has 0 aromatic carbocycles. The van der Waals surface area contributed by atoms with E-state index in [2.05, 4.69) is 5.32 Å². The first-order chi connectivity index (χ1) is 4.34. The van der Waals surface area contributed by atoms with E-state index >= 15 is 0 Å². The molecule has 1 rings (SSSR count). The van der Waals surface area contributed by atoms with Gasteiger partial charge in [-0.15, -0.1) is 0 Å². The van der Waals surface area contributed by atoms with Gasteiger partial charge in [-0.05, 0) is 0 Å². The highest BCUT2D eigenvalue weighted by Crippen LogP contribution is 2.03. The van der Waals surface area contributed by atoms with Gasteiger partial charge < -0.3 is 10.1 Å². The topological polar surface area (TPSA) is 55.4 Å². The Balaban J connectivity index is 2.39. The second kappa shape index (κ2) is 2.59. The van der Waals surface area contributed by atoms with Crippen LogP contribution < -0.4 is 5.32 Å².